The van der Waals surface area contributed by atoms with E-state index in [1.54, 1.807) is 0 Å². The molecule has 1 aromatic carbocycles. The summed E-state index contributed by atoms with van der Waals surface area (Å²) in [5.74, 6) is 0.160. The molecule has 4 nitrogen and oxygen atoms in total. The maximum Gasteiger partial charge on any atom is 0.221 e. The Bertz CT molecular complexity index is 460. The number of amides is 1. The Hall–Kier alpha value is -1.39. The molecule has 1 fully saturated rings. The standard InChI is InChI=1S/C14H19N3O/c15-12-9-13(11-4-2-1-3-10(11)12)17-7-5-14(18)16-6-8-17/h1-4,12-13H,5-9,15H2,(H,16,18). The largest absolute Gasteiger partial charge is 0.355 e. The molecule has 1 saturated heterocycles. The Kier molecular flexibility index (Phi) is 3.06. The number of carbonyl (C=O) groups excluding carboxylic acids is 1. The third-order valence-electron chi connectivity index (χ3n) is 4.02. The summed E-state index contributed by atoms with van der Waals surface area (Å²) in [6, 6.07) is 8.94. The molecular weight excluding hydrogens is 226 g/mol. The number of nitrogens with two attached hydrogens (primary N) is 1. The molecule has 0 aromatic heterocycles. The molecule has 3 rings (SSSR count). The minimum Gasteiger partial charge on any atom is -0.355 e. The van der Waals surface area contributed by atoms with Crippen molar-refractivity contribution in [3.8, 4) is 0 Å². The van der Waals surface area contributed by atoms with Crippen LogP contribution in [-0.4, -0.2) is 30.4 Å². The van der Waals surface area contributed by atoms with Crippen LogP contribution in [0.1, 0.15) is 36.1 Å². The fraction of sp³-hybridized carbons (Fsp3) is 0.500. The van der Waals surface area contributed by atoms with Gasteiger partial charge in [0.2, 0.25) is 5.91 Å². The maximum absolute atomic E-state index is 11.4. The van der Waals surface area contributed by atoms with E-state index in [0.717, 1.165) is 26.1 Å². The zero-order valence-electron chi connectivity index (χ0n) is 10.4. The molecule has 0 bridgehead atoms. The highest BCUT2D eigenvalue weighted by Gasteiger charge is 2.32. The third-order valence-corrected chi connectivity index (χ3v) is 4.02. The summed E-state index contributed by atoms with van der Waals surface area (Å²) in [7, 11) is 0. The van der Waals surface area contributed by atoms with E-state index in [1.165, 1.54) is 11.1 Å². The summed E-state index contributed by atoms with van der Waals surface area (Å²) in [6.45, 7) is 2.49. The number of nitrogens with one attached hydrogen (secondary N) is 1. The lowest BCUT2D eigenvalue weighted by molar-refractivity contribution is -0.120. The zero-order valence-corrected chi connectivity index (χ0v) is 10.4. The van der Waals surface area contributed by atoms with Gasteiger partial charge in [0.25, 0.3) is 0 Å². The van der Waals surface area contributed by atoms with Crippen LogP contribution in [0.3, 0.4) is 0 Å². The van der Waals surface area contributed by atoms with Crippen LogP contribution < -0.4 is 11.1 Å². The van der Waals surface area contributed by atoms with Crippen molar-refractivity contribution < 1.29 is 4.79 Å². The van der Waals surface area contributed by atoms with E-state index < -0.39 is 0 Å². The van der Waals surface area contributed by atoms with Gasteiger partial charge < -0.3 is 11.1 Å². The van der Waals surface area contributed by atoms with E-state index in [-0.39, 0.29) is 11.9 Å². The lowest BCUT2D eigenvalue weighted by atomic mass is 10.1. The highest BCUT2D eigenvalue weighted by Crippen LogP contribution is 2.40. The summed E-state index contributed by atoms with van der Waals surface area (Å²) in [6.07, 6.45) is 1.56. The van der Waals surface area contributed by atoms with Crippen LogP contribution in [0.5, 0.6) is 0 Å². The minimum atomic E-state index is 0.137. The van der Waals surface area contributed by atoms with E-state index in [0.29, 0.717) is 12.5 Å². The molecule has 2 aliphatic rings. The number of rotatable bonds is 1. The topological polar surface area (TPSA) is 58.4 Å². The molecule has 1 aromatic rings. The normalized spacial score (nSPS) is 28.6. The Morgan fingerprint density at radius 3 is 2.83 bits per heavy atom. The summed E-state index contributed by atoms with van der Waals surface area (Å²) in [5.41, 5.74) is 8.82. The summed E-state index contributed by atoms with van der Waals surface area (Å²) >= 11 is 0. The van der Waals surface area contributed by atoms with E-state index in [4.69, 9.17) is 5.73 Å². The van der Waals surface area contributed by atoms with E-state index in [9.17, 15) is 4.79 Å². The van der Waals surface area contributed by atoms with Gasteiger partial charge in [-0.15, -0.1) is 0 Å². The van der Waals surface area contributed by atoms with Gasteiger partial charge in [-0.1, -0.05) is 24.3 Å². The highest BCUT2D eigenvalue weighted by molar-refractivity contribution is 5.76. The smallest absolute Gasteiger partial charge is 0.221 e. The van der Waals surface area contributed by atoms with Crippen LogP contribution >= 0.6 is 0 Å². The lowest BCUT2D eigenvalue weighted by Gasteiger charge is -2.27. The molecule has 4 heteroatoms. The minimum absolute atomic E-state index is 0.137. The third kappa shape index (κ3) is 2.02. The molecule has 2 unspecified atom stereocenters. The van der Waals surface area contributed by atoms with Crippen LogP contribution in [0, 0.1) is 0 Å². The maximum atomic E-state index is 11.4. The van der Waals surface area contributed by atoms with Gasteiger partial charge in [-0.2, -0.15) is 0 Å². The molecule has 3 N–H and O–H groups in total. The van der Waals surface area contributed by atoms with Crippen LogP contribution in [0.4, 0.5) is 0 Å². The SMILES string of the molecule is NC1CC(N2CCNC(=O)CC2)c2ccccc21. The molecule has 1 aliphatic heterocycles. The molecule has 96 valence electrons. The van der Waals surface area contributed by atoms with Crippen molar-refractivity contribution in [2.45, 2.75) is 24.9 Å². The predicted molar refractivity (Wildman–Crippen MR) is 69.9 cm³/mol. The Balaban J connectivity index is 1.83. The first-order valence-corrected chi connectivity index (χ1v) is 6.61. The molecule has 1 heterocycles. The van der Waals surface area contributed by atoms with Crippen molar-refractivity contribution in [3.63, 3.8) is 0 Å². The average molecular weight is 245 g/mol. The molecule has 18 heavy (non-hydrogen) atoms. The van der Waals surface area contributed by atoms with Crippen molar-refractivity contribution in [2.24, 2.45) is 5.73 Å². The van der Waals surface area contributed by atoms with Gasteiger partial charge >= 0.3 is 0 Å². The number of benzene rings is 1. The number of hydrogen-bond donors (Lipinski definition) is 2. The lowest BCUT2D eigenvalue weighted by Crippen LogP contribution is -2.31. The van der Waals surface area contributed by atoms with Crippen LogP contribution in [0.2, 0.25) is 0 Å². The number of carbonyl (C=O) groups is 1. The quantitative estimate of drug-likeness (QED) is 0.774. The van der Waals surface area contributed by atoms with Crippen LogP contribution in [0.15, 0.2) is 24.3 Å². The van der Waals surface area contributed by atoms with Crippen LogP contribution in [-0.2, 0) is 4.79 Å². The van der Waals surface area contributed by atoms with Gasteiger partial charge in [-0.05, 0) is 17.5 Å². The Labute approximate surface area is 107 Å². The summed E-state index contributed by atoms with van der Waals surface area (Å²) < 4.78 is 0. The van der Waals surface area contributed by atoms with E-state index in [2.05, 4.69) is 34.5 Å². The first-order chi connectivity index (χ1) is 8.75. The van der Waals surface area contributed by atoms with Gasteiger partial charge in [-0.3, -0.25) is 9.69 Å². The van der Waals surface area contributed by atoms with Crippen molar-refractivity contribution in [1.82, 2.24) is 10.2 Å². The Morgan fingerprint density at radius 1 is 1.22 bits per heavy atom. The monoisotopic (exact) mass is 245 g/mol. The van der Waals surface area contributed by atoms with Gasteiger partial charge in [0, 0.05) is 38.1 Å². The van der Waals surface area contributed by atoms with Gasteiger partial charge in [0.15, 0.2) is 0 Å². The predicted octanol–water partition coefficient (Wildman–Crippen LogP) is 0.953. The summed E-state index contributed by atoms with van der Waals surface area (Å²) in [4.78, 5) is 13.8. The van der Waals surface area contributed by atoms with Crippen molar-refractivity contribution in [3.05, 3.63) is 35.4 Å². The van der Waals surface area contributed by atoms with Crippen molar-refractivity contribution in [2.75, 3.05) is 19.6 Å². The Morgan fingerprint density at radius 2 is 2.00 bits per heavy atom. The summed E-state index contributed by atoms with van der Waals surface area (Å²) in [5, 5.41) is 2.92. The highest BCUT2D eigenvalue weighted by atomic mass is 16.1. The second-order valence-electron chi connectivity index (χ2n) is 5.12. The molecule has 0 radical (unpaired) electrons. The molecule has 0 saturated carbocycles. The molecule has 2 atom stereocenters. The molecular formula is C14H19N3O. The molecule has 1 amide bonds. The van der Waals surface area contributed by atoms with Gasteiger partial charge in [0.05, 0.1) is 0 Å². The fourth-order valence-electron chi connectivity index (χ4n) is 3.09. The zero-order chi connectivity index (χ0) is 12.5. The molecule has 0 spiro atoms. The van der Waals surface area contributed by atoms with E-state index in [1.807, 2.05) is 0 Å². The van der Waals surface area contributed by atoms with Crippen molar-refractivity contribution in [1.29, 1.82) is 0 Å². The van der Waals surface area contributed by atoms with Gasteiger partial charge in [0.1, 0.15) is 0 Å². The number of hydrogen-bond acceptors (Lipinski definition) is 3. The van der Waals surface area contributed by atoms with Crippen LogP contribution in [0.25, 0.3) is 0 Å². The first kappa shape index (κ1) is 11.7. The fourth-order valence-corrected chi connectivity index (χ4v) is 3.09. The van der Waals surface area contributed by atoms with Crippen molar-refractivity contribution >= 4 is 5.91 Å². The number of fused-ring (bicyclic) bond motifs is 1. The van der Waals surface area contributed by atoms with Gasteiger partial charge in [-0.25, -0.2) is 0 Å². The van der Waals surface area contributed by atoms with E-state index >= 15 is 0 Å². The second kappa shape index (κ2) is 4.71. The average Bonchev–Trinajstić information content (AvgIpc) is 2.57. The second-order valence-corrected chi connectivity index (χ2v) is 5.12. The number of nitrogens with zero attached hydrogens (tertiary/aromatic N) is 1. The first-order valence-electron chi connectivity index (χ1n) is 6.61. The molecule has 1 aliphatic carbocycles.